The van der Waals surface area contributed by atoms with Crippen molar-refractivity contribution in [1.82, 2.24) is 0 Å². The number of aliphatic hydroxyl groups is 2. The van der Waals surface area contributed by atoms with Crippen LogP contribution in [0.3, 0.4) is 0 Å². The first kappa shape index (κ1) is 55.6. The van der Waals surface area contributed by atoms with Gasteiger partial charge in [0.1, 0.15) is 12.7 Å². The van der Waals surface area contributed by atoms with Crippen molar-refractivity contribution in [1.29, 1.82) is 0 Å². The van der Waals surface area contributed by atoms with Crippen molar-refractivity contribution >= 4 is 19.8 Å². The minimum absolute atomic E-state index is 0.0423. The lowest BCUT2D eigenvalue weighted by molar-refractivity contribution is -0.161. The van der Waals surface area contributed by atoms with Crippen LogP contribution in [-0.4, -0.2) is 65.7 Å². The number of ether oxygens (including phenoxy) is 2. The quantitative estimate of drug-likeness (QED) is 0.0236. The number of hydrogen-bond acceptors (Lipinski definition) is 9. The maximum absolute atomic E-state index is 12.6. The Morgan fingerprint density at radius 1 is 0.508 bits per heavy atom. The minimum Gasteiger partial charge on any atom is -0.462 e. The lowest BCUT2D eigenvalue weighted by atomic mass is 10.2. The molecule has 334 valence electrons. The zero-order valence-corrected chi connectivity index (χ0v) is 37.1. The molecule has 0 amide bonds. The summed E-state index contributed by atoms with van der Waals surface area (Å²) in [7, 11) is -4.66. The summed E-state index contributed by atoms with van der Waals surface area (Å²) in [4.78, 5) is 34.9. The van der Waals surface area contributed by atoms with E-state index < -0.39 is 51.8 Å². The molecule has 3 N–H and O–H groups in total. The third-order valence-electron chi connectivity index (χ3n) is 8.41. The number of hydrogen-bond donors (Lipinski definition) is 3. The van der Waals surface area contributed by atoms with Gasteiger partial charge in [-0.15, -0.1) is 0 Å². The Labute approximate surface area is 356 Å². The van der Waals surface area contributed by atoms with Gasteiger partial charge in [0.2, 0.25) is 0 Å². The monoisotopic (exact) mass is 845 g/mol. The summed E-state index contributed by atoms with van der Waals surface area (Å²) in [6.07, 6.45) is 53.6. The molecular formula is C48H77O10P. The molecule has 0 aliphatic rings. The number of phosphoric acid groups is 1. The molecular weight excluding hydrogens is 767 g/mol. The van der Waals surface area contributed by atoms with E-state index in [4.69, 9.17) is 19.1 Å². The molecule has 1 unspecified atom stereocenters. The second-order valence-electron chi connectivity index (χ2n) is 14.0. The van der Waals surface area contributed by atoms with Crippen molar-refractivity contribution < 1.29 is 47.8 Å². The van der Waals surface area contributed by atoms with E-state index in [1.165, 1.54) is 38.5 Å². The average Bonchev–Trinajstić information content (AvgIpc) is 3.22. The van der Waals surface area contributed by atoms with Gasteiger partial charge in [-0.2, -0.15) is 0 Å². The molecule has 0 aliphatic heterocycles. The summed E-state index contributed by atoms with van der Waals surface area (Å²) < 4.78 is 32.6. The predicted molar refractivity (Wildman–Crippen MR) is 242 cm³/mol. The van der Waals surface area contributed by atoms with Crippen molar-refractivity contribution in [3.63, 3.8) is 0 Å². The van der Waals surface area contributed by atoms with Crippen LogP contribution in [0.25, 0.3) is 0 Å². The first-order valence-corrected chi connectivity index (χ1v) is 23.3. The van der Waals surface area contributed by atoms with E-state index in [2.05, 4.69) is 103 Å². The number of phosphoric ester groups is 1. The van der Waals surface area contributed by atoms with Crippen LogP contribution in [0.2, 0.25) is 0 Å². The Balaban J connectivity index is 4.54. The van der Waals surface area contributed by atoms with E-state index in [0.717, 1.165) is 57.8 Å². The van der Waals surface area contributed by atoms with Crippen molar-refractivity contribution in [3.05, 3.63) is 109 Å². The summed E-state index contributed by atoms with van der Waals surface area (Å²) in [5.41, 5.74) is 0. The van der Waals surface area contributed by atoms with Crippen LogP contribution < -0.4 is 0 Å². The molecule has 0 radical (unpaired) electrons. The summed E-state index contributed by atoms with van der Waals surface area (Å²) in [6.45, 7) is 2.15. The van der Waals surface area contributed by atoms with Crippen molar-refractivity contribution in [2.45, 2.75) is 154 Å². The zero-order chi connectivity index (χ0) is 43.3. The third-order valence-corrected chi connectivity index (χ3v) is 9.36. The van der Waals surface area contributed by atoms with Crippen LogP contribution in [0, 0.1) is 0 Å². The van der Waals surface area contributed by atoms with Crippen molar-refractivity contribution in [2.24, 2.45) is 0 Å². The molecule has 0 aromatic rings. The lowest BCUT2D eigenvalue weighted by Crippen LogP contribution is -2.29. The molecule has 0 aromatic carbocycles. The van der Waals surface area contributed by atoms with Crippen LogP contribution in [0.15, 0.2) is 109 Å². The maximum Gasteiger partial charge on any atom is 0.472 e. The van der Waals surface area contributed by atoms with Gasteiger partial charge >= 0.3 is 19.8 Å². The molecule has 0 heterocycles. The Morgan fingerprint density at radius 3 is 1.32 bits per heavy atom. The molecule has 0 saturated heterocycles. The van der Waals surface area contributed by atoms with Crippen LogP contribution in [0.4, 0.5) is 0 Å². The second kappa shape index (κ2) is 42.7. The SMILES string of the molecule is CCCCC/C=C/C/C=C/C/C=C/C/C=C/C/C=C/CCC(=O)O[C@H](COC(=O)CCC/C=C/C/C=C/C/C=C/C/C=C/CCCCC)COP(=O)(O)OC[C@@H](O)CO. The Hall–Kier alpha value is -3.37. The van der Waals surface area contributed by atoms with Gasteiger partial charge in [-0.3, -0.25) is 18.6 Å². The molecule has 0 aliphatic carbocycles. The highest BCUT2D eigenvalue weighted by molar-refractivity contribution is 7.47. The van der Waals surface area contributed by atoms with E-state index >= 15 is 0 Å². The average molecular weight is 845 g/mol. The largest absolute Gasteiger partial charge is 0.472 e. The fourth-order valence-corrected chi connectivity index (χ4v) is 5.81. The van der Waals surface area contributed by atoms with E-state index in [9.17, 15) is 24.2 Å². The molecule has 3 atom stereocenters. The molecule has 11 heteroatoms. The van der Waals surface area contributed by atoms with Gasteiger partial charge < -0.3 is 24.6 Å². The number of allylic oxidation sites excluding steroid dienone is 18. The Morgan fingerprint density at radius 2 is 0.898 bits per heavy atom. The number of esters is 2. The van der Waals surface area contributed by atoms with E-state index in [0.29, 0.717) is 19.3 Å². The first-order chi connectivity index (χ1) is 28.7. The molecule has 0 rings (SSSR count). The Kier molecular flexibility index (Phi) is 40.3. The highest BCUT2D eigenvalue weighted by Crippen LogP contribution is 2.43. The molecule has 10 nitrogen and oxygen atoms in total. The van der Waals surface area contributed by atoms with Gasteiger partial charge in [0, 0.05) is 12.8 Å². The lowest BCUT2D eigenvalue weighted by Gasteiger charge is -2.20. The van der Waals surface area contributed by atoms with Crippen LogP contribution in [0.5, 0.6) is 0 Å². The van der Waals surface area contributed by atoms with Crippen molar-refractivity contribution in [2.75, 3.05) is 26.4 Å². The smallest absolute Gasteiger partial charge is 0.462 e. The molecule has 0 fully saturated rings. The fraction of sp³-hybridized carbons (Fsp3) is 0.583. The third kappa shape index (κ3) is 42.6. The number of carbonyl (C=O) groups excluding carboxylic acids is 2. The van der Waals surface area contributed by atoms with Crippen LogP contribution >= 0.6 is 7.82 Å². The number of aliphatic hydroxyl groups excluding tert-OH is 2. The summed E-state index contributed by atoms with van der Waals surface area (Å²) in [5, 5.41) is 18.3. The van der Waals surface area contributed by atoms with E-state index in [1.807, 2.05) is 24.3 Å². The molecule has 0 spiro atoms. The first-order valence-electron chi connectivity index (χ1n) is 21.8. The zero-order valence-electron chi connectivity index (χ0n) is 36.2. The topological polar surface area (TPSA) is 149 Å². The number of rotatable bonds is 39. The van der Waals surface area contributed by atoms with Gasteiger partial charge in [-0.05, 0) is 89.9 Å². The van der Waals surface area contributed by atoms with E-state index in [1.54, 1.807) is 0 Å². The van der Waals surface area contributed by atoms with Crippen molar-refractivity contribution in [3.8, 4) is 0 Å². The highest BCUT2D eigenvalue weighted by Gasteiger charge is 2.27. The van der Waals surface area contributed by atoms with Gasteiger partial charge in [0.25, 0.3) is 0 Å². The van der Waals surface area contributed by atoms with E-state index in [-0.39, 0.29) is 19.4 Å². The fourth-order valence-electron chi connectivity index (χ4n) is 5.02. The predicted octanol–water partition coefficient (Wildman–Crippen LogP) is 11.8. The van der Waals surface area contributed by atoms with Gasteiger partial charge in [0.05, 0.1) is 19.8 Å². The van der Waals surface area contributed by atoms with Gasteiger partial charge in [-0.1, -0.05) is 149 Å². The highest BCUT2D eigenvalue weighted by atomic mass is 31.2. The molecule has 0 bridgehead atoms. The molecule has 59 heavy (non-hydrogen) atoms. The summed E-state index contributed by atoms with van der Waals surface area (Å²) >= 11 is 0. The van der Waals surface area contributed by atoms with Crippen LogP contribution in [0.1, 0.15) is 142 Å². The summed E-state index contributed by atoms with van der Waals surface area (Å²) in [5.74, 6) is -1.10. The second-order valence-corrected chi connectivity index (χ2v) is 15.5. The minimum atomic E-state index is -4.66. The Bertz CT molecular complexity index is 1340. The summed E-state index contributed by atoms with van der Waals surface area (Å²) in [6, 6.07) is 0. The normalized spacial score (nSPS) is 14.9. The van der Waals surface area contributed by atoms with Gasteiger partial charge in [0.15, 0.2) is 6.10 Å². The number of unbranched alkanes of at least 4 members (excludes halogenated alkanes) is 7. The molecule has 0 aromatic heterocycles. The van der Waals surface area contributed by atoms with Crippen LogP contribution in [-0.2, 0) is 32.7 Å². The maximum atomic E-state index is 12.6. The van der Waals surface area contributed by atoms with Gasteiger partial charge in [-0.25, -0.2) is 4.57 Å². The standard InChI is InChI=1S/C48H77O10P/c1-3-5-7-9-11-13-15-17-19-21-22-24-26-28-30-32-34-36-38-40-48(52)58-46(44-57-59(53,54)56-42-45(50)41-49)43-55-47(51)39-37-35-33-31-29-27-25-23-20-18-16-14-12-10-8-6-4-2/h11-14,17-20,22,24-25,27-28,30-31,33-34,36,45-46,49-50H,3-10,15-16,21,23,26,29,32,35,37-44H2,1-2H3,(H,53,54)/b13-11+,14-12+,19-17+,20-18+,24-22+,27-25+,30-28+,33-31+,36-34+/t45-,46+/m0/s1. The number of carbonyl (C=O) groups is 2. The molecule has 0 saturated carbocycles.